The van der Waals surface area contributed by atoms with Crippen LogP contribution in [0.1, 0.15) is 29.6 Å². The summed E-state index contributed by atoms with van der Waals surface area (Å²) in [4.78, 5) is 15.5. The van der Waals surface area contributed by atoms with Crippen LogP contribution in [0.2, 0.25) is 0 Å². The van der Waals surface area contributed by atoms with Crippen molar-refractivity contribution in [1.29, 1.82) is 0 Å². The first kappa shape index (κ1) is 11.8. The molecule has 0 atom stereocenters. The number of aromatic nitrogens is 1. The summed E-state index contributed by atoms with van der Waals surface area (Å²) < 4.78 is 13.8. The Balaban J connectivity index is 1.99. The number of nitrogens with one attached hydrogen (secondary N) is 1. The Bertz CT molecular complexity index is 407. The van der Waals surface area contributed by atoms with Crippen LogP contribution in [-0.2, 0) is 0 Å². The van der Waals surface area contributed by atoms with Gasteiger partial charge in [-0.05, 0) is 47.4 Å². The number of pyridine rings is 1. The molecule has 1 saturated carbocycles. The molecular weight excluding hydrogens is 322 g/mol. The maximum atomic E-state index is 13.5. The first-order valence-corrected chi connectivity index (χ1v) is 6.34. The van der Waals surface area contributed by atoms with Gasteiger partial charge >= 0.3 is 0 Å². The van der Waals surface area contributed by atoms with E-state index in [1.54, 1.807) is 22.6 Å². The normalized spacial score (nSPS) is 15.6. The lowest BCUT2D eigenvalue weighted by molar-refractivity contribution is 0.0934. The van der Waals surface area contributed by atoms with E-state index in [0.717, 1.165) is 12.8 Å². The van der Waals surface area contributed by atoms with E-state index in [9.17, 15) is 9.18 Å². The van der Waals surface area contributed by atoms with Gasteiger partial charge in [-0.15, -0.1) is 0 Å². The van der Waals surface area contributed by atoms with Crippen LogP contribution in [0, 0.1) is 15.4 Å². The van der Waals surface area contributed by atoms with Crippen LogP contribution < -0.4 is 5.32 Å². The van der Waals surface area contributed by atoms with Crippen LogP contribution in [0.3, 0.4) is 0 Å². The Morgan fingerprint density at radius 2 is 2.38 bits per heavy atom. The van der Waals surface area contributed by atoms with Gasteiger partial charge in [0.1, 0.15) is 3.70 Å². The first-order chi connectivity index (χ1) is 7.68. The SMILES string of the molecule is O=C(NCC1CCC1)c1ccnc(I)c1F. The standard InChI is InChI=1S/C11H12FIN2O/c12-9-8(4-5-14-10(9)13)11(16)15-6-7-2-1-3-7/h4-5,7H,1-3,6H2,(H,15,16). The number of hydrogen-bond acceptors (Lipinski definition) is 2. The summed E-state index contributed by atoms with van der Waals surface area (Å²) in [6.07, 6.45) is 5.01. The second-order valence-corrected chi connectivity index (χ2v) is 4.99. The monoisotopic (exact) mass is 334 g/mol. The summed E-state index contributed by atoms with van der Waals surface area (Å²) >= 11 is 1.78. The van der Waals surface area contributed by atoms with E-state index < -0.39 is 5.82 Å². The molecule has 86 valence electrons. The highest BCUT2D eigenvalue weighted by Gasteiger charge is 2.20. The molecule has 1 aliphatic carbocycles. The molecule has 0 unspecified atom stereocenters. The Morgan fingerprint density at radius 1 is 1.62 bits per heavy atom. The summed E-state index contributed by atoms with van der Waals surface area (Å²) in [5.41, 5.74) is 0.0822. The van der Waals surface area contributed by atoms with Gasteiger partial charge in [0.05, 0.1) is 5.56 Å². The van der Waals surface area contributed by atoms with Crippen molar-refractivity contribution in [3.05, 3.63) is 27.3 Å². The van der Waals surface area contributed by atoms with Gasteiger partial charge in [0, 0.05) is 12.7 Å². The second-order valence-electron chi connectivity index (χ2n) is 3.97. The molecule has 0 aromatic carbocycles. The second kappa shape index (κ2) is 5.07. The average Bonchev–Trinajstić information content (AvgIpc) is 2.19. The zero-order chi connectivity index (χ0) is 11.5. The van der Waals surface area contributed by atoms with Crippen LogP contribution >= 0.6 is 22.6 Å². The Hall–Kier alpha value is -0.720. The number of nitrogens with zero attached hydrogens (tertiary/aromatic N) is 1. The largest absolute Gasteiger partial charge is 0.352 e. The number of rotatable bonds is 3. The highest BCUT2D eigenvalue weighted by molar-refractivity contribution is 14.1. The van der Waals surface area contributed by atoms with E-state index in [-0.39, 0.29) is 15.2 Å². The van der Waals surface area contributed by atoms with E-state index in [0.29, 0.717) is 12.5 Å². The molecule has 1 aliphatic rings. The first-order valence-electron chi connectivity index (χ1n) is 5.26. The average molecular weight is 334 g/mol. The maximum Gasteiger partial charge on any atom is 0.254 e. The lowest BCUT2D eigenvalue weighted by atomic mass is 9.85. The van der Waals surface area contributed by atoms with Crippen LogP contribution in [0.15, 0.2) is 12.3 Å². The Labute approximate surface area is 107 Å². The summed E-state index contributed by atoms with van der Waals surface area (Å²) in [5, 5.41) is 2.76. The molecule has 1 amide bonds. The van der Waals surface area contributed by atoms with E-state index in [2.05, 4.69) is 10.3 Å². The van der Waals surface area contributed by atoms with Gasteiger partial charge in [0.25, 0.3) is 5.91 Å². The predicted octanol–water partition coefficient (Wildman–Crippen LogP) is 2.36. The molecule has 1 N–H and O–H groups in total. The summed E-state index contributed by atoms with van der Waals surface area (Å²) in [6.45, 7) is 0.650. The Kier molecular flexibility index (Phi) is 3.73. The van der Waals surface area contributed by atoms with Crippen LogP contribution in [0.5, 0.6) is 0 Å². The van der Waals surface area contributed by atoms with Crippen molar-refractivity contribution in [3.8, 4) is 0 Å². The molecule has 3 nitrogen and oxygen atoms in total. The molecule has 1 aromatic rings. The highest BCUT2D eigenvalue weighted by Crippen LogP contribution is 2.25. The lowest BCUT2D eigenvalue weighted by Crippen LogP contribution is -2.32. The summed E-state index contributed by atoms with van der Waals surface area (Å²) in [6, 6.07) is 1.41. The third-order valence-electron chi connectivity index (χ3n) is 2.87. The smallest absolute Gasteiger partial charge is 0.254 e. The van der Waals surface area contributed by atoms with Crippen LogP contribution in [0.25, 0.3) is 0 Å². The van der Waals surface area contributed by atoms with Crippen molar-refractivity contribution >= 4 is 28.5 Å². The van der Waals surface area contributed by atoms with Gasteiger partial charge in [-0.25, -0.2) is 9.37 Å². The topological polar surface area (TPSA) is 42.0 Å². The van der Waals surface area contributed by atoms with Gasteiger partial charge < -0.3 is 5.32 Å². The minimum atomic E-state index is -0.533. The van der Waals surface area contributed by atoms with Crippen molar-refractivity contribution in [2.45, 2.75) is 19.3 Å². The number of amides is 1. The minimum absolute atomic E-state index is 0.0822. The fourth-order valence-electron chi connectivity index (χ4n) is 1.62. The van der Waals surface area contributed by atoms with E-state index in [4.69, 9.17) is 0 Å². The van der Waals surface area contributed by atoms with E-state index >= 15 is 0 Å². The minimum Gasteiger partial charge on any atom is -0.352 e. The molecule has 1 heterocycles. The van der Waals surface area contributed by atoms with Gasteiger partial charge in [0.15, 0.2) is 5.82 Å². The van der Waals surface area contributed by atoms with Gasteiger partial charge in [-0.2, -0.15) is 0 Å². The predicted molar refractivity (Wildman–Crippen MR) is 66.6 cm³/mol. The van der Waals surface area contributed by atoms with Gasteiger partial charge in [-0.3, -0.25) is 4.79 Å². The van der Waals surface area contributed by atoms with Gasteiger partial charge in [-0.1, -0.05) is 6.42 Å². The maximum absolute atomic E-state index is 13.5. The molecule has 0 aliphatic heterocycles. The molecule has 16 heavy (non-hydrogen) atoms. The zero-order valence-electron chi connectivity index (χ0n) is 8.67. The molecule has 0 spiro atoms. The number of hydrogen-bond donors (Lipinski definition) is 1. The van der Waals surface area contributed by atoms with Crippen LogP contribution in [0.4, 0.5) is 4.39 Å². The van der Waals surface area contributed by atoms with E-state index in [1.165, 1.54) is 18.7 Å². The molecule has 2 rings (SSSR count). The quantitative estimate of drug-likeness (QED) is 0.681. The molecule has 5 heteroatoms. The van der Waals surface area contributed by atoms with Crippen molar-refractivity contribution in [2.75, 3.05) is 6.54 Å². The summed E-state index contributed by atoms with van der Waals surface area (Å²) in [5.74, 6) is -0.299. The van der Waals surface area contributed by atoms with Crippen molar-refractivity contribution in [3.63, 3.8) is 0 Å². The van der Waals surface area contributed by atoms with Crippen LogP contribution in [-0.4, -0.2) is 17.4 Å². The third kappa shape index (κ3) is 2.50. The van der Waals surface area contributed by atoms with Gasteiger partial charge in [0.2, 0.25) is 0 Å². The van der Waals surface area contributed by atoms with E-state index in [1.807, 2.05) is 0 Å². The molecule has 1 fully saturated rings. The molecule has 1 aromatic heterocycles. The number of carbonyl (C=O) groups is 1. The lowest BCUT2D eigenvalue weighted by Gasteiger charge is -2.25. The van der Waals surface area contributed by atoms with Crippen molar-refractivity contribution in [1.82, 2.24) is 10.3 Å². The van der Waals surface area contributed by atoms with Crippen molar-refractivity contribution in [2.24, 2.45) is 5.92 Å². The molecule has 0 radical (unpaired) electrons. The third-order valence-corrected chi connectivity index (χ3v) is 3.62. The fourth-order valence-corrected chi connectivity index (χ4v) is 2.07. The zero-order valence-corrected chi connectivity index (χ0v) is 10.8. The summed E-state index contributed by atoms with van der Waals surface area (Å²) in [7, 11) is 0. The molecular formula is C11H12FIN2O. The Morgan fingerprint density at radius 3 is 3.00 bits per heavy atom. The van der Waals surface area contributed by atoms with Crippen molar-refractivity contribution < 1.29 is 9.18 Å². The molecule has 0 saturated heterocycles. The highest BCUT2D eigenvalue weighted by atomic mass is 127. The molecule has 0 bridgehead atoms. The fraction of sp³-hybridized carbons (Fsp3) is 0.455. The number of halogens is 2. The number of carbonyl (C=O) groups excluding carboxylic acids is 1.